The van der Waals surface area contributed by atoms with Crippen molar-refractivity contribution >= 4 is 0 Å². The summed E-state index contributed by atoms with van der Waals surface area (Å²) >= 11 is 0. The van der Waals surface area contributed by atoms with E-state index in [-0.39, 0.29) is 11.5 Å². The van der Waals surface area contributed by atoms with Crippen molar-refractivity contribution in [1.82, 2.24) is 9.55 Å². The van der Waals surface area contributed by atoms with Crippen LogP contribution in [-0.4, -0.2) is 23.8 Å². The molecule has 0 aliphatic carbocycles. The number of hydrogen-bond acceptors (Lipinski definition) is 3. The van der Waals surface area contributed by atoms with Crippen LogP contribution in [0.15, 0.2) is 47.4 Å². The predicted molar refractivity (Wildman–Crippen MR) is 89.6 cm³/mol. The summed E-state index contributed by atoms with van der Waals surface area (Å²) in [7, 11) is 3.10. The van der Waals surface area contributed by atoms with Crippen LogP contribution in [0.2, 0.25) is 0 Å². The van der Waals surface area contributed by atoms with E-state index >= 15 is 0 Å². The minimum absolute atomic E-state index is 0.344. The van der Waals surface area contributed by atoms with Gasteiger partial charge in [0.25, 0.3) is 0 Å². The van der Waals surface area contributed by atoms with Crippen molar-refractivity contribution in [1.29, 1.82) is 0 Å². The van der Waals surface area contributed by atoms with Crippen molar-refractivity contribution in [3.8, 4) is 28.4 Å². The zero-order chi connectivity index (χ0) is 17.3. The van der Waals surface area contributed by atoms with Gasteiger partial charge in [0.15, 0.2) is 11.5 Å². The molecule has 3 aromatic rings. The van der Waals surface area contributed by atoms with Gasteiger partial charge in [-0.05, 0) is 42.8 Å². The third-order valence-electron chi connectivity index (χ3n) is 3.85. The number of benzene rings is 2. The van der Waals surface area contributed by atoms with E-state index in [2.05, 4.69) is 4.98 Å². The van der Waals surface area contributed by atoms with E-state index in [1.165, 1.54) is 10.6 Å². The summed E-state index contributed by atoms with van der Waals surface area (Å²) in [6, 6.07) is 10.0. The molecule has 0 bridgehead atoms. The number of aryl methyl sites for hydroxylation is 1. The second-order valence-electron chi connectivity index (χ2n) is 5.35. The van der Waals surface area contributed by atoms with Crippen LogP contribution in [0.1, 0.15) is 5.56 Å². The average Bonchev–Trinajstić information content (AvgIpc) is 2.98. The zero-order valence-electron chi connectivity index (χ0n) is 13.6. The Bertz CT molecular complexity index is 944. The third kappa shape index (κ3) is 2.78. The summed E-state index contributed by atoms with van der Waals surface area (Å²) in [4.78, 5) is 15.0. The van der Waals surface area contributed by atoms with E-state index < -0.39 is 0 Å². The fraction of sp³-hybridized carbons (Fsp3) is 0.167. The lowest BCUT2D eigenvalue weighted by molar-refractivity contribution is 0.355. The standard InChI is InChI=1S/C18H17FN2O3/c1-11-4-6-13(9-14(11)19)21-10-15(20-18(21)22)12-5-7-16(23-2)17(8-12)24-3/h4-10H,1-3H3,(H,20,22). The molecule has 0 aliphatic rings. The molecule has 0 amide bonds. The normalized spacial score (nSPS) is 10.7. The molecule has 0 atom stereocenters. The third-order valence-corrected chi connectivity index (χ3v) is 3.85. The highest BCUT2D eigenvalue weighted by Crippen LogP contribution is 2.31. The van der Waals surface area contributed by atoms with Crippen molar-refractivity contribution in [2.45, 2.75) is 6.92 Å². The number of aromatic amines is 1. The number of hydrogen-bond donors (Lipinski definition) is 1. The molecule has 5 nitrogen and oxygen atoms in total. The summed E-state index contributed by atoms with van der Waals surface area (Å²) < 4.78 is 25.6. The highest BCUT2D eigenvalue weighted by Gasteiger charge is 2.11. The molecule has 1 heterocycles. The number of rotatable bonds is 4. The summed E-state index contributed by atoms with van der Waals surface area (Å²) in [6.07, 6.45) is 1.63. The molecule has 6 heteroatoms. The summed E-state index contributed by atoms with van der Waals surface area (Å²) in [5.74, 6) is 0.807. The molecule has 0 radical (unpaired) electrons. The number of nitrogens with zero attached hydrogens (tertiary/aromatic N) is 1. The van der Waals surface area contributed by atoms with Gasteiger partial charge in [0, 0.05) is 11.8 Å². The maximum absolute atomic E-state index is 13.8. The Morgan fingerprint density at radius 3 is 2.46 bits per heavy atom. The van der Waals surface area contributed by atoms with Gasteiger partial charge in [-0.15, -0.1) is 0 Å². The maximum atomic E-state index is 13.8. The van der Waals surface area contributed by atoms with Crippen LogP contribution in [0.4, 0.5) is 4.39 Å². The number of H-pyrrole nitrogens is 1. The molecule has 0 saturated carbocycles. The van der Waals surface area contributed by atoms with Crippen molar-refractivity contribution < 1.29 is 13.9 Å². The van der Waals surface area contributed by atoms with Gasteiger partial charge in [0.05, 0.1) is 25.6 Å². The van der Waals surface area contributed by atoms with Crippen LogP contribution in [0.25, 0.3) is 16.9 Å². The van der Waals surface area contributed by atoms with E-state index in [0.29, 0.717) is 28.4 Å². The smallest absolute Gasteiger partial charge is 0.330 e. The topological polar surface area (TPSA) is 56.2 Å². The molecule has 3 rings (SSSR count). The molecule has 1 aromatic heterocycles. The number of imidazole rings is 1. The van der Waals surface area contributed by atoms with Gasteiger partial charge in [-0.1, -0.05) is 6.07 Å². The van der Waals surface area contributed by atoms with Gasteiger partial charge < -0.3 is 14.5 Å². The van der Waals surface area contributed by atoms with Crippen molar-refractivity contribution in [2.24, 2.45) is 0 Å². The van der Waals surface area contributed by atoms with E-state index in [9.17, 15) is 9.18 Å². The molecule has 0 fully saturated rings. The van der Waals surface area contributed by atoms with Gasteiger partial charge in [0.1, 0.15) is 5.82 Å². The van der Waals surface area contributed by atoms with E-state index in [1.54, 1.807) is 51.6 Å². The molecule has 0 spiro atoms. The van der Waals surface area contributed by atoms with Crippen molar-refractivity contribution in [3.05, 3.63) is 64.5 Å². The number of aromatic nitrogens is 2. The molecule has 24 heavy (non-hydrogen) atoms. The van der Waals surface area contributed by atoms with Crippen molar-refractivity contribution in [3.63, 3.8) is 0 Å². The lowest BCUT2D eigenvalue weighted by Crippen LogP contribution is -2.14. The lowest BCUT2D eigenvalue weighted by atomic mass is 10.1. The van der Waals surface area contributed by atoms with Gasteiger partial charge >= 0.3 is 5.69 Å². The fourth-order valence-corrected chi connectivity index (χ4v) is 2.47. The van der Waals surface area contributed by atoms with Crippen LogP contribution in [0.3, 0.4) is 0 Å². The maximum Gasteiger partial charge on any atom is 0.330 e. The number of halogens is 1. The molecular weight excluding hydrogens is 311 g/mol. The highest BCUT2D eigenvalue weighted by molar-refractivity contribution is 5.64. The summed E-state index contributed by atoms with van der Waals surface area (Å²) in [5.41, 5.74) is 2.01. The largest absolute Gasteiger partial charge is 0.493 e. The Hall–Kier alpha value is -3.02. The van der Waals surface area contributed by atoms with Gasteiger partial charge in [0.2, 0.25) is 0 Å². The molecule has 2 aromatic carbocycles. The van der Waals surface area contributed by atoms with Crippen molar-refractivity contribution in [2.75, 3.05) is 14.2 Å². The second kappa shape index (κ2) is 6.23. The summed E-state index contributed by atoms with van der Waals surface area (Å²) in [6.45, 7) is 1.67. The predicted octanol–water partition coefficient (Wildman–Crippen LogP) is 3.30. The summed E-state index contributed by atoms with van der Waals surface area (Å²) in [5, 5.41) is 0. The fourth-order valence-electron chi connectivity index (χ4n) is 2.47. The monoisotopic (exact) mass is 328 g/mol. The molecule has 124 valence electrons. The molecule has 0 unspecified atom stereocenters. The second-order valence-corrected chi connectivity index (χ2v) is 5.35. The zero-order valence-corrected chi connectivity index (χ0v) is 13.6. The van der Waals surface area contributed by atoms with E-state index in [4.69, 9.17) is 9.47 Å². The van der Waals surface area contributed by atoms with Gasteiger partial charge in [-0.25, -0.2) is 9.18 Å². The first kappa shape index (κ1) is 15.9. The lowest BCUT2D eigenvalue weighted by Gasteiger charge is -2.08. The molecular formula is C18H17FN2O3. The van der Waals surface area contributed by atoms with Crippen LogP contribution in [0.5, 0.6) is 11.5 Å². The minimum Gasteiger partial charge on any atom is -0.493 e. The average molecular weight is 328 g/mol. The first-order chi connectivity index (χ1) is 11.5. The minimum atomic E-state index is -0.353. The number of nitrogens with one attached hydrogen (secondary N) is 1. The SMILES string of the molecule is COc1ccc(-c2cn(-c3ccc(C)c(F)c3)c(=O)[nH]2)cc1OC. The highest BCUT2D eigenvalue weighted by atomic mass is 19.1. The van der Waals surface area contributed by atoms with Gasteiger partial charge in [-0.3, -0.25) is 4.57 Å². The molecule has 1 N–H and O–H groups in total. The van der Waals surface area contributed by atoms with Crippen LogP contribution in [0, 0.1) is 12.7 Å². The van der Waals surface area contributed by atoms with Crippen LogP contribution < -0.4 is 15.2 Å². The number of methoxy groups -OCH3 is 2. The Labute approximate surface area is 138 Å². The number of ether oxygens (including phenoxy) is 2. The first-order valence-corrected chi connectivity index (χ1v) is 7.34. The van der Waals surface area contributed by atoms with E-state index in [1.807, 2.05) is 6.07 Å². The van der Waals surface area contributed by atoms with E-state index in [0.717, 1.165) is 5.56 Å². The molecule has 0 saturated heterocycles. The Morgan fingerprint density at radius 2 is 1.79 bits per heavy atom. The Balaban J connectivity index is 2.06. The molecule has 0 aliphatic heterocycles. The van der Waals surface area contributed by atoms with Crippen LogP contribution in [-0.2, 0) is 0 Å². The quantitative estimate of drug-likeness (QED) is 0.799. The van der Waals surface area contributed by atoms with Gasteiger partial charge in [-0.2, -0.15) is 0 Å². The van der Waals surface area contributed by atoms with Crippen LogP contribution >= 0.6 is 0 Å². The first-order valence-electron chi connectivity index (χ1n) is 7.34. The Morgan fingerprint density at radius 1 is 1.04 bits per heavy atom. The Kier molecular flexibility index (Phi) is 4.12.